The first-order valence-corrected chi connectivity index (χ1v) is 10.0. The number of hydrogen-bond donors (Lipinski definition) is 1. The maximum atomic E-state index is 13.0. The summed E-state index contributed by atoms with van der Waals surface area (Å²) in [5.74, 6) is -1.53. The van der Waals surface area contributed by atoms with Crippen LogP contribution in [0.25, 0.3) is 5.52 Å². The molecule has 0 unspecified atom stereocenters. The molecule has 2 aliphatic rings. The fraction of sp³-hybridized carbons (Fsp3) is 0.200. The molecule has 0 bridgehead atoms. The highest BCUT2D eigenvalue weighted by molar-refractivity contribution is 9.10. The van der Waals surface area contributed by atoms with Crippen LogP contribution in [-0.4, -0.2) is 49.0 Å². The number of fused-ring (bicyclic) bond motifs is 2. The van der Waals surface area contributed by atoms with Crippen LogP contribution in [0.5, 0.6) is 0 Å². The van der Waals surface area contributed by atoms with E-state index in [2.05, 4.69) is 21.0 Å². The highest BCUT2D eigenvalue weighted by Crippen LogP contribution is 2.30. The van der Waals surface area contributed by atoms with Crippen LogP contribution in [0, 0.1) is 0 Å². The summed E-state index contributed by atoms with van der Waals surface area (Å²) in [4.78, 5) is 38.6. The number of primary amides is 1. The number of carbonyl (C=O) groups is 3. The maximum absolute atomic E-state index is 13.0. The first-order valence-electron chi connectivity index (χ1n) is 9.22. The third kappa shape index (κ3) is 3.00. The molecule has 5 rings (SSSR count). The summed E-state index contributed by atoms with van der Waals surface area (Å²) in [6.45, 7) is 1.18. The molecular weight excluding hydrogens is 454 g/mol. The molecule has 9 nitrogen and oxygen atoms in total. The third-order valence-corrected chi connectivity index (χ3v) is 5.74. The Hall–Kier alpha value is -3.40. The Balaban J connectivity index is 1.33. The summed E-state index contributed by atoms with van der Waals surface area (Å²) in [5.41, 5.74) is 6.17. The largest absolute Gasteiger partial charge is 0.436 e. The maximum Gasteiger partial charge on any atom is 0.356 e. The number of hydrogen-bond acceptors (Lipinski definition) is 5. The minimum Gasteiger partial charge on any atom is -0.436 e. The van der Waals surface area contributed by atoms with E-state index in [0.29, 0.717) is 31.0 Å². The van der Waals surface area contributed by atoms with E-state index < -0.39 is 17.5 Å². The van der Waals surface area contributed by atoms with Crippen molar-refractivity contribution in [2.24, 2.45) is 5.73 Å². The molecule has 0 saturated carbocycles. The molecule has 4 heterocycles. The summed E-state index contributed by atoms with van der Waals surface area (Å²) in [6.07, 6.45) is 4.68. The van der Waals surface area contributed by atoms with Crippen molar-refractivity contribution in [1.82, 2.24) is 19.1 Å². The van der Waals surface area contributed by atoms with Crippen molar-refractivity contribution in [2.45, 2.75) is 18.7 Å². The van der Waals surface area contributed by atoms with Crippen LogP contribution in [0.1, 0.15) is 26.7 Å². The molecule has 1 aliphatic carbocycles. The lowest BCUT2D eigenvalue weighted by Gasteiger charge is -2.29. The summed E-state index contributed by atoms with van der Waals surface area (Å²) in [6, 6.07) is 8.91. The zero-order valence-electron chi connectivity index (χ0n) is 15.6. The number of amides is 2. The molecule has 3 aromatic heterocycles. The first kappa shape index (κ1) is 18.6. The Labute approximate surface area is 178 Å². The molecule has 152 valence electrons. The first-order chi connectivity index (χ1) is 14.4. The predicted molar refractivity (Wildman–Crippen MR) is 109 cm³/mol. The van der Waals surface area contributed by atoms with Gasteiger partial charge in [0.15, 0.2) is 5.69 Å². The number of halogens is 1. The Bertz CT molecular complexity index is 1250. The lowest BCUT2D eigenvalue weighted by Crippen LogP contribution is -2.40. The van der Waals surface area contributed by atoms with E-state index in [-0.39, 0.29) is 5.91 Å². The molecule has 0 atom stereocenters. The van der Waals surface area contributed by atoms with Crippen molar-refractivity contribution in [1.29, 1.82) is 0 Å². The Morgan fingerprint density at radius 1 is 1.13 bits per heavy atom. The molecule has 3 aromatic rings. The number of carbonyl (C=O) groups excluding carboxylic acids is 3. The standard InChI is InChI=1S/C20H16BrN5O4/c21-12-1-2-13-9-15(23-26(13)10-12)17(27)24-7-8-25-14(11-24)3-4-16(25)18(28)30-20(5-6-20)19(22)29/h1-6,9-10H,7-8,11H2,(H2,22,29). The number of nitrogens with two attached hydrogens (primary N) is 1. The molecule has 0 aromatic carbocycles. The fourth-order valence-corrected chi connectivity index (χ4v) is 3.88. The lowest BCUT2D eigenvalue weighted by atomic mass is 10.2. The van der Waals surface area contributed by atoms with E-state index in [1.165, 1.54) is 12.2 Å². The smallest absolute Gasteiger partial charge is 0.356 e. The molecule has 0 saturated heterocycles. The van der Waals surface area contributed by atoms with Gasteiger partial charge >= 0.3 is 5.97 Å². The average Bonchev–Trinajstić information content (AvgIpc) is 3.20. The number of rotatable bonds is 4. The van der Waals surface area contributed by atoms with Crippen LogP contribution in [0.2, 0.25) is 0 Å². The van der Waals surface area contributed by atoms with Crippen molar-refractivity contribution < 1.29 is 19.1 Å². The number of ether oxygens (including phenoxy) is 1. The van der Waals surface area contributed by atoms with Crippen LogP contribution in [0.3, 0.4) is 0 Å². The van der Waals surface area contributed by atoms with E-state index in [1.807, 2.05) is 12.1 Å². The molecule has 0 radical (unpaired) electrons. The Kier molecular flexibility index (Phi) is 4.07. The van der Waals surface area contributed by atoms with Crippen molar-refractivity contribution in [3.63, 3.8) is 0 Å². The molecule has 1 aliphatic heterocycles. The molecule has 30 heavy (non-hydrogen) atoms. The lowest BCUT2D eigenvalue weighted by molar-refractivity contribution is -0.127. The van der Waals surface area contributed by atoms with Gasteiger partial charge in [-0.3, -0.25) is 9.59 Å². The molecular formula is C20H16BrN5O4. The Morgan fingerprint density at radius 2 is 1.93 bits per heavy atom. The van der Waals surface area contributed by atoms with Gasteiger partial charge in [0.1, 0.15) is 5.69 Å². The zero-order chi connectivity index (χ0) is 21.0. The Morgan fingerprint density at radius 3 is 2.67 bits per heavy atom. The van der Waals surface area contributed by atoms with Gasteiger partial charge in [0.2, 0.25) is 5.60 Å². The fourth-order valence-electron chi connectivity index (χ4n) is 3.55. The minimum atomic E-state index is -1.41. The number of aromatic nitrogens is 3. The summed E-state index contributed by atoms with van der Waals surface area (Å²) in [5, 5.41) is 4.37. The predicted octanol–water partition coefficient (Wildman–Crippen LogP) is 1.50. The average molecular weight is 470 g/mol. The number of esters is 1. The summed E-state index contributed by atoms with van der Waals surface area (Å²) >= 11 is 3.39. The van der Waals surface area contributed by atoms with Crippen LogP contribution in [-0.2, 0) is 22.6 Å². The van der Waals surface area contributed by atoms with Crippen molar-refractivity contribution in [3.8, 4) is 0 Å². The van der Waals surface area contributed by atoms with Gasteiger partial charge in [-0.2, -0.15) is 5.10 Å². The number of nitrogens with zero attached hydrogens (tertiary/aromatic N) is 4. The van der Waals surface area contributed by atoms with Gasteiger partial charge in [-0.1, -0.05) is 0 Å². The van der Waals surface area contributed by atoms with Crippen LogP contribution >= 0.6 is 15.9 Å². The van der Waals surface area contributed by atoms with Gasteiger partial charge in [0, 0.05) is 29.5 Å². The molecule has 0 fully saturated rings. The third-order valence-electron chi connectivity index (χ3n) is 5.27. The molecule has 2 amide bonds. The van der Waals surface area contributed by atoms with Gasteiger partial charge in [-0.05, 0) is 58.4 Å². The summed E-state index contributed by atoms with van der Waals surface area (Å²) < 4.78 is 9.58. The van der Waals surface area contributed by atoms with E-state index in [1.54, 1.807) is 38.4 Å². The van der Waals surface area contributed by atoms with Gasteiger partial charge < -0.3 is 19.9 Å². The van der Waals surface area contributed by atoms with Gasteiger partial charge in [-0.25, -0.2) is 9.31 Å². The van der Waals surface area contributed by atoms with E-state index in [0.717, 1.165) is 15.7 Å². The van der Waals surface area contributed by atoms with Crippen molar-refractivity contribution >= 4 is 39.2 Å². The molecule has 10 heteroatoms. The van der Waals surface area contributed by atoms with Crippen molar-refractivity contribution in [3.05, 3.63) is 70.2 Å². The summed E-state index contributed by atoms with van der Waals surface area (Å²) in [7, 11) is 0. The highest BCUT2D eigenvalue weighted by Gasteiger charge is 2.45. The quantitative estimate of drug-likeness (QED) is 0.459. The second-order valence-corrected chi connectivity index (χ2v) is 8.13. The van der Waals surface area contributed by atoms with Crippen LogP contribution < -0.4 is 5.73 Å². The van der Waals surface area contributed by atoms with Crippen molar-refractivity contribution in [2.75, 3.05) is 6.54 Å². The van der Waals surface area contributed by atoms with Gasteiger partial charge in [-0.15, -0.1) is 0 Å². The van der Waals surface area contributed by atoms with E-state index in [9.17, 15) is 14.4 Å². The topological polar surface area (TPSA) is 112 Å². The second kappa shape index (κ2) is 6.56. The molecule has 0 spiro atoms. The SMILES string of the molecule is NC(=O)C1(OC(=O)c2ccc3n2CCN(C(=O)c2cc4ccc(Br)cn4n2)C3)C=C1. The minimum absolute atomic E-state index is 0.179. The zero-order valence-corrected chi connectivity index (χ0v) is 17.2. The normalized spacial score (nSPS) is 16.4. The van der Waals surface area contributed by atoms with Crippen LogP contribution in [0.15, 0.2) is 53.2 Å². The molecule has 2 N–H and O–H groups in total. The second-order valence-electron chi connectivity index (χ2n) is 7.21. The number of pyridine rings is 1. The van der Waals surface area contributed by atoms with Crippen LogP contribution in [0.4, 0.5) is 0 Å². The van der Waals surface area contributed by atoms with E-state index >= 15 is 0 Å². The highest BCUT2D eigenvalue weighted by atomic mass is 79.9. The van der Waals surface area contributed by atoms with Gasteiger partial charge in [0.05, 0.1) is 12.1 Å². The van der Waals surface area contributed by atoms with E-state index in [4.69, 9.17) is 10.5 Å². The monoisotopic (exact) mass is 469 g/mol. The van der Waals surface area contributed by atoms with Gasteiger partial charge in [0.25, 0.3) is 11.8 Å².